The van der Waals surface area contributed by atoms with Gasteiger partial charge in [-0.1, -0.05) is 287 Å². The van der Waals surface area contributed by atoms with Crippen LogP contribution in [0.4, 0.5) is 0 Å². The molecule has 14 heteroatoms. The molecule has 0 aromatic heterocycles. The van der Waals surface area contributed by atoms with Crippen molar-refractivity contribution in [3.63, 3.8) is 0 Å². The highest BCUT2D eigenvalue weighted by atomic mass is 16.7. The normalized spacial score (nSPS) is 23.5. The van der Waals surface area contributed by atoms with E-state index in [2.05, 4.69) is 55.6 Å². The van der Waals surface area contributed by atoms with Gasteiger partial charge in [-0.05, 0) is 70.6 Å². The molecule has 2 aliphatic rings. The largest absolute Gasteiger partial charge is 0.394 e. The maximum absolute atomic E-state index is 13.3. The first-order valence-corrected chi connectivity index (χ1v) is 36.4. The first kappa shape index (κ1) is 81.0. The van der Waals surface area contributed by atoms with E-state index in [9.17, 15) is 45.6 Å². The van der Waals surface area contributed by atoms with Crippen molar-refractivity contribution >= 4 is 5.91 Å². The SMILES string of the molecule is CCCCCCCCCC/C=C\CCCCCCCCCCCC(=O)NC(COC1OC(CO)C(OC2OC(CO)C(O)C(O)C2O)C(O)C1O)C(O)/C=C/CC/C=C/CC/C=C/CCCCCCCCCCCCCCCCCCCCCCCC. The molecule has 510 valence electrons. The molecular formula is C73H135NO13. The van der Waals surface area contributed by atoms with Gasteiger partial charge in [0.2, 0.25) is 5.91 Å². The van der Waals surface area contributed by atoms with Crippen molar-refractivity contribution in [2.24, 2.45) is 0 Å². The van der Waals surface area contributed by atoms with E-state index in [4.69, 9.17) is 18.9 Å². The molecule has 87 heavy (non-hydrogen) atoms. The van der Waals surface area contributed by atoms with E-state index in [1.807, 2.05) is 6.08 Å². The molecule has 0 bridgehead atoms. The van der Waals surface area contributed by atoms with Crippen molar-refractivity contribution in [2.75, 3.05) is 19.8 Å². The van der Waals surface area contributed by atoms with Crippen LogP contribution in [0, 0.1) is 0 Å². The first-order valence-electron chi connectivity index (χ1n) is 36.4. The second-order valence-corrected chi connectivity index (χ2v) is 25.7. The van der Waals surface area contributed by atoms with Gasteiger partial charge in [-0.3, -0.25) is 4.79 Å². The number of nitrogens with one attached hydrogen (secondary N) is 1. The number of rotatable bonds is 60. The Labute approximate surface area is 531 Å². The maximum atomic E-state index is 13.3. The quantitative estimate of drug-likeness (QED) is 0.0204. The lowest BCUT2D eigenvalue weighted by Gasteiger charge is -2.46. The fourth-order valence-electron chi connectivity index (χ4n) is 11.9. The molecule has 2 aliphatic heterocycles. The highest BCUT2D eigenvalue weighted by Crippen LogP contribution is 2.30. The third kappa shape index (κ3) is 41.9. The van der Waals surface area contributed by atoms with E-state index in [-0.39, 0.29) is 18.9 Å². The predicted octanol–water partition coefficient (Wildman–Crippen LogP) is 15.1. The highest BCUT2D eigenvalue weighted by molar-refractivity contribution is 5.76. The van der Waals surface area contributed by atoms with Crippen molar-refractivity contribution in [3.05, 3.63) is 48.6 Å². The van der Waals surface area contributed by atoms with Gasteiger partial charge >= 0.3 is 0 Å². The minimum Gasteiger partial charge on any atom is -0.394 e. The minimum absolute atomic E-state index is 0.253. The zero-order valence-corrected chi connectivity index (χ0v) is 55.5. The molecule has 2 rings (SSSR count). The van der Waals surface area contributed by atoms with Crippen LogP contribution >= 0.6 is 0 Å². The van der Waals surface area contributed by atoms with Gasteiger partial charge in [-0.2, -0.15) is 0 Å². The van der Waals surface area contributed by atoms with Crippen molar-refractivity contribution in [2.45, 2.75) is 389 Å². The molecule has 0 saturated carbocycles. The van der Waals surface area contributed by atoms with Gasteiger partial charge < -0.3 is 65.1 Å². The van der Waals surface area contributed by atoms with Gasteiger partial charge in [0.1, 0.15) is 48.8 Å². The lowest BCUT2D eigenvalue weighted by atomic mass is 9.97. The molecule has 2 heterocycles. The Balaban J connectivity index is 1.68. The number of allylic oxidation sites excluding steroid dienone is 7. The highest BCUT2D eigenvalue weighted by Gasteiger charge is 2.51. The van der Waals surface area contributed by atoms with E-state index >= 15 is 0 Å². The molecule has 14 nitrogen and oxygen atoms in total. The van der Waals surface area contributed by atoms with Crippen molar-refractivity contribution < 1.29 is 64.6 Å². The smallest absolute Gasteiger partial charge is 0.220 e. The molecule has 0 aliphatic carbocycles. The van der Waals surface area contributed by atoms with E-state index in [0.29, 0.717) is 12.8 Å². The average Bonchev–Trinajstić information content (AvgIpc) is 1.56. The van der Waals surface area contributed by atoms with Crippen LogP contribution in [0.2, 0.25) is 0 Å². The molecule has 0 spiro atoms. The van der Waals surface area contributed by atoms with Gasteiger partial charge in [-0.15, -0.1) is 0 Å². The van der Waals surface area contributed by atoms with Crippen LogP contribution in [-0.4, -0.2) is 140 Å². The number of amides is 1. The summed E-state index contributed by atoms with van der Waals surface area (Å²) in [5.74, 6) is -0.253. The van der Waals surface area contributed by atoms with E-state index < -0.39 is 86.8 Å². The Morgan fingerprint density at radius 3 is 1.13 bits per heavy atom. The van der Waals surface area contributed by atoms with Crippen LogP contribution in [0.15, 0.2) is 48.6 Å². The van der Waals surface area contributed by atoms with Gasteiger partial charge in [0.15, 0.2) is 12.6 Å². The summed E-state index contributed by atoms with van der Waals surface area (Å²) in [5.41, 5.74) is 0. The van der Waals surface area contributed by atoms with Gasteiger partial charge in [0, 0.05) is 6.42 Å². The standard InChI is InChI=1S/C73H135NO13/c1-3-5-7-9-11-13-15-17-19-21-23-25-26-27-28-29-30-31-32-33-34-35-37-38-40-42-44-46-48-50-52-54-56-62(77)61(60-84-72-70(83)68(81)71(64(59-76)86-72)87-73-69(82)67(80)66(79)63(58-75)85-73)74-65(78)57-55-53-51-49-47-45-43-41-39-36-24-22-20-18-16-14-12-10-8-6-4-2/h22,24,38,40,46,48,54,56,61-64,66-73,75-77,79-83H,3-21,23,25-37,39,41-45,47,49-53,55,57-60H2,1-2H3,(H,74,78)/b24-22-,40-38+,48-46+,56-54+. The number of aliphatic hydroxyl groups excluding tert-OH is 8. The zero-order valence-electron chi connectivity index (χ0n) is 55.5. The average molecular weight is 1230 g/mol. The van der Waals surface area contributed by atoms with Crippen LogP contribution in [0.25, 0.3) is 0 Å². The van der Waals surface area contributed by atoms with Gasteiger partial charge in [-0.25, -0.2) is 0 Å². The van der Waals surface area contributed by atoms with Crippen molar-refractivity contribution in [1.82, 2.24) is 5.32 Å². The van der Waals surface area contributed by atoms with Crippen LogP contribution in [0.5, 0.6) is 0 Å². The molecule has 9 N–H and O–H groups in total. The van der Waals surface area contributed by atoms with Crippen LogP contribution in [-0.2, 0) is 23.7 Å². The van der Waals surface area contributed by atoms with Crippen molar-refractivity contribution in [1.29, 1.82) is 0 Å². The fraction of sp³-hybridized carbons (Fsp3) is 0.877. The second-order valence-electron chi connectivity index (χ2n) is 25.7. The molecule has 0 aromatic rings. The molecular weight excluding hydrogens is 1100 g/mol. The van der Waals surface area contributed by atoms with E-state index in [1.165, 1.54) is 238 Å². The number of carbonyl (C=O) groups excluding carboxylic acids is 1. The van der Waals surface area contributed by atoms with Crippen LogP contribution < -0.4 is 5.32 Å². The summed E-state index contributed by atoms with van der Waals surface area (Å²) in [4.78, 5) is 13.3. The monoisotopic (exact) mass is 1230 g/mol. The second kappa shape index (κ2) is 57.8. The number of ether oxygens (including phenoxy) is 4. The summed E-state index contributed by atoms with van der Waals surface area (Å²) in [6.45, 7) is 2.81. The molecule has 2 fully saturated rings. The molecule has 0 aromatic carbocycles. The number of unbranched alkanes of at least 4 members (excludes halogenated alkanes) is 41. The van der Waals surface area contributed by atoms with E-state index in [1.54, 1.807) is 6.08 Å². The summed E-state index contributed by atoms with van der Waals surface area (Å²) in [6, 6.07) is -0.941. The topological polar surface area (TPSA) is 228 Å². The summed E-state index contributed by atoms with van der Waals surface area (Å²) in [5, 5.41) is 87.4. The maximum Gasteiger partial charge on any atom is 0.220 e. The Bertz CT molecular complexity index is 1640. The van der Waals surface area contributed by atoms with Gasteiger partial charge in [0.05, 0.1) is 32.0 Å². The molecule has 12 unspecified atom stereocenters. The predicted molar refractivity (Wildman–Crippen MR) is 355 cm³/mol. The van der Waals surface area contributed by atoms with Crippen molar-refractivity contribution in [3.8, 4) is 0 Å². The molecule has 12 atom stereocenters. The Morgan fingerprint density at radius 2 is 0.736 bits per heavy atom. The Kier molecular flexibility index (Phi) is 53.9. The number of aliphatic hydroxyl groups is 8. The molecule has 0 radical (unpaired) electrons. The number of hydrogen-bond acceptors (Lipinski definition) is 13. The lowest BCUT2D eigenvalue weighted by Crippen LogP contribution is -2.65. The zero-order chi connectivity index (χ0) is 63.1. The summed E-state index contributed by atoms with van der Waals surface area (Å²) in [7, 11) is 0. The molecule has 2 saturated heterocycles. The lowest BCUT2D eigenvalue weighted by molar-refractivity contribution is -0.359. The van der Waals surface area contributed by atoms with Crippen LogP contribution in [0.3, 0.4) is 0 Å². The minimum atomic E-state index is -1.79. The summed E-state index contributed by atoms with van der Waals surface area (Å²) < 4.78 is 22.8. The summed E-state index contributed by atoms with van der Waals surface area (Å²) in [6.07, 6.45) is 59.0. The Hall–Kier alpha value is -2.05. The first-order chi connectivity index (χ1) is 42.6. The molecule has 1 amide bonds. The number of hydrogen-bond donors (Lipinski definition) is 9. The summed E-state index contributed by atoms with van der Waals surface area (Å²) >= 11 is 0. The third-order valence-corrected chi connectivity index (χ3v) is 17.7. The Morgan fingerprint density at radius 1 is 0.402 bits per heavy atom. The fourth-order valence-corrected chi connectivity index (χ4v) is 11.9. The number of carbonyl (C=O) groups is 1. The van der Waals surface area contributed by atoms with Gasteiger partial charge in [0.25, 0.3) is 0 Å². The third-order valence-electron chi connectivity index (χ3n) is 17.7. The van der Waals surface area contributed by atoms with Crippen LogP contribution in [0.1, 0.15) is 316 Å². The van der Waals surface area contributed by atoms with E-state index in [0.717, 1.165) is 44.9 Å².